The summed E-state index contributed by atoms with van der Waals surface area (Å²) in [5, 5.41) is 0. The number of hydrogen-bond donors (Lipinski definition) is 0. The van der Waals surface area contributed by atoms with Crippen molar-refractivity contribution in [2.24, 2.45) is 40.9 Å². The van der Waals surface area contributed by atoms with E-state index < -0.39 is 0 Å². The minimum Gasteiger partial charge on any atom is -0.461 e. The average Bonchev–Trinajstić information content (AvgIpc) is 2.54. The Morgan fingerprint density at radius 3 is 2.08 bits per heavy atom. The Balaban J connectivity index is 1.44. The first-order valence-electron chi connectivity index (χ1n) is 10.7. The first-order valence-corrected chi connectivity index (χ1v) is 11.6. The van der Waals surface area contributed by atoms with Gasteiger partial charge < -0.3 is 4.74 Å². The molecule has 5 rings (SSSR count). The molecule has 3 heteroatoms. The summed E-state index contributed by atoms with van der Waals surface area (Å²) in [5.41, 5.74) is 0.196. The van der Waals surface area contributed by atoms with Crippen molar-refractivity contribution in [1.29, 1.82) is 0 Å². The molecule has 4 bridgehead atoms. The molecule has 25 heavy (non-hydrogen) atoms. The number of halogens is 1. The fraction of sp³-hybridized carbons (Fsp3) is 0.955. The molecule has 0 spiro atoms. The zero-order chi connectivity index (χ0) is 17.8. The fourth-order valence-electron chi connectivity index (χ4n) is 7.19. The van der Waals surface area contributed by atoms with Gasteiger partial charge in [0.2, 0.25) is 0 Å². The van der Waals surface area contributed by atoms with Gasteiger partial charge in [-0.3, -0.25) is 4.79 Å². The first-order chi connectivity index (χ1) is 11.9. The third-order valence-corrected chi connectivity index (χ3v) is 9.40. The van der Waals surface area contributed by atoms with E-state index in [4.69, 9.17) is 4.74 Å². The van der Waals surface area contributed by atoms with Gasteiger partial charge in [-0.1, -0.05) is 36.7 Å². The predicted molar refractivity (Wildman–Crippen MR) is 105 cm³/mol. The molecular formula is C22H35BrO2. The van der Waals surface area contributed by atoms with Crippen LogP contribution in [0.3, 0.4) is 0 Å². The maximum atomic E-state index is 13.1. The van der Waals surface area contributed by atoms with Gasteiger partial charge in [0.05, 0.1) is 0 Å². The van der Waals surface area contributed by atoms with Crippen molar-refractivity contribution in [1.82, 2.24) is 0 Å². The van der Waals surface area contributed by atoms with Crippen molar-refractivity contribution in [2.75, 3.05) is 0 Å². The van der Waals surface area contributed by atoms with Crippen LogP contribution in [-0.2, 0) is 9.53 Å². The number of carbonyl (C=O) groups excluding carboxylic acids is 1. The molecule has 0 amide bonds. The first kappa shape index (κ1) is 18.3. The summed E-state index contributed by atoms with van der Waals surface area (Å²) in [6.07, 6.45) is 11.6. The van der Waals surface area contributed by atoms with E-state index in [1.54, 1.807) is 0 Å². The van der Waals surface area contributed by atoms with Gasteiger partial charge in [-0.25, -0.2) is 0 Å². The normalized spacial score (nSPS) is 47.1. The van der Waals surface area contributed by atoms with Gasteiger partial charge in [0.15, 0.2) is 0 Å². The summed E-state index contributed by atoms with van der Waals surface area (Å²) < 4.78 is 6.18. The molecule has 0 unspecified atom stereocenters. The van der Waals surface area contributed by atoms with Crippen LogP contribution in [0.5, 0.6) is 0 Å². The van der Waals surface area contributed by atoms with Crippen LogP contribution in [-0.4, -0.2) is 16.9 Å². The summed E-state index contributed by atoms with van der Waals surface area (Å²) in [7, 11) is 0. The Morgan fingerprint density at radius 1 is 1.00 bits per heavy atom. The van der Waals surface area contributed by atoms with E-state index in [-0.39, 0.29) is 22.3 Å². The van der Waals surface area contributed by atoms with E-state index in [1.165, 1.54) is 51.4 Å². The van der Waals surface area contributed by atoms with Crippen LogP contribution in [0.2, 0.25) is 0 Å². The van der Waals surface area contributed by atoms with Crippen molar-refractivity contribution < 1.29 is 9.53 Å². The van der Waals surface area contributed by atoms with Crippen LogP contribution in [0.15, 0.2) is 0 Å². The fourth-order valence-corrected chi connectivity index (χ4v) is 7.86. The number of hydrogen-bond acceptors (Lipinski definition) is 2. The summed E-state index contributed by atoms with van der Waals surface area (Å²) in [6, 6.07) is 0. The summed E-state index contributed by atoms with van der Waals surface area (Å²) in [4.78, 5) is 13.0. The van der Waals surface area contributed by atoms with Gasteiger partial charge in [0.1, 0.15) is 10.9 Å². The monoisotopic (exact) mass is 410 g/mol. The lowest BCUT2D eigenvalue weighted by molar-refractivity contribution is -0.161. The molecule has 5 saturated carbocycles. The Hall–Kier alpha value is -0.0500. The maximum Gasteiger partial charge on any atom is 0.320 e. The topological polar surface area (TPSA) is 26.3 Å². The Morgan fingerprint density at radius 2 is 1.56 bits per heavy atom. The Labute approximate surface area is 162 Å². The van der Waals surface area contributed by atoms with Crippen molar-refractivity contribution in [3.05, 3.63) is 0 Å². The van der Waals surface area contributed by atoms with Gasteiger partial charge in [0, 0.05) is 0 Å². The highest BCUT2D eigenvalue weighted by molar-refractivity contribution is 9.10. The van der Waals surface area contributed by atoms with Crippen LogP contribution < -0.4 is 0 Å². The lowest BCUT2D eigenvalue weighted by Crippen LogP contribution is -2.53. The van der Waals surface area contributed by atoms with Crippen LogP contribution in [0.25, 0.3) is 0 Å². The predicted octanol–water partition coefficient (Wildman–Crippen LogP) is 5.97. The highest BCUT2D eigenvalue weighted by Gasteiger charge is 2.56. The number of esters is 1. The molecule has 0 aliphatic heterocycles. The molecule has 0 saturated heterocycles. The molecule has 0 heterocycles. The molecule has 5 aliphatic rings. The van der Waals surface area contributed by atoms with E-state index in [1.807, 2.05) is 0 Å². The molecule has 5 fully saturated rings. The standard InChI is InChI=1S/C22H35BrO2/c1-13(2)18-6-14(3)4-5-19(18)25-21(24)20(23)22-10-15-7-16(11-22)9-17(8-15)12-22/h13-20H,4-12H2,1-3H3/t14-,15?,16?,17?,18-,19+,20-,22?/m0/s1. The summed E-state index contributed by atoms with van der Waals surface area (Å²) in [5.74, 6) is 4.56. The SMILES string of the molecule is CC(C)[C@@H]1C[C@@H](C)CC[C@H]1OC(=O)[C@H](Br)C12CC3CC(CC(C3)C1)C2. The molecule has 0 N–H and O–H groups in total. The smallest absolute Gasteiger partial charge is 0.320 e. The van der Waals surface area contributed by atoms with E-state index in [9.17, 15) is 4.79 Å². The van der Waals surface area contributed by atoms with Crippen molar-refractivity contribution in [3.8, 4) is 0 Å². The number of rotatable bonds is 4. The van der Waals surface area contributed by atoms with Gasteiger partial charge in [-0.05, 0) is 98.7 Å². The quantitative estimate of drug-likeness (QED) is 0.421. The van der Waals surface area contributed by atoms with Gasteiger partial charge in [-0.15, -0.1) is 0 Å². The number of carbonyl (C=O) groups is 1. The van der Waals surface area contributed by atoms with Crippen molar-refractivity contribution >= 4 is 21.9 Å². The zero-order valence-corrected chi connectivity index (χ0v) is 17.8. The average molecular weight is 411 g/mol. The van der Waals surface area contributed by atoms with Gasteiger partial charge in [-0.2, -0.15) is 0 Å². The summed E-state index contributed by atoms with van der Waals surface area (Å²) >= 11 is 3.85. The molecule has 0 aromatic rings. The third-order valence-electron chi connectivity index (χ3n) is 8.05. The second kappa shape index (κ2) is 6.84. The second-order valence-corrected chi connectivity index (χ2v) is 11.4. The molecule has 0 aromatic carbocycles. The van der Waals surface area contributed by atoms with Gasteiger partial charge in [0.25, 0.3) is 0 Å². The molecule has 0 radical (unpaired) electrons. The van der Waals surface area contributed by atoms with Crippen LogP contribution >= 0.6 is 15.9 Å². The van der Waals surface area contributed by atoms with E-state index in [2.05, 4.69) is 36.7 Å². The Bertz CT molecular complexity index is 479. The minimum atomic E-state index is -0.0828. The highest BCUT2D eigenvalue weighted by atomic mass is 79.9. The molecule has 0 aromatic heterocycles. The number of alkyl halides is 1. The maximum absolute atomic E-state index is 13.1. The highest BCUT2D eigenvalue weighted by Crippen LogP contribution is 2.62. The molecule has 4 atom stereocenters. The minimum absolute atomic E-state index is 0.0483. The summed E-state index contributed by atoms with van der Waals surface area (Å²) in [6.45, 7) is 6.92. The molecule has 5 aliphatic carbocycles. The van der Waals surface area contributed by atoms with Crippen LogP contribution in [0.1, 0.15) is 78.6 Å². The van der Waals surface area contributed by atoms with Crippen LogP contribution in [0.4, 0.5) is 0 Å². The lowest BCUT2D eigenvalue weighted by atomic mass is 9.49. The van der Waals surface area contributed by atoms with E-state index >= 15 is 0 Å². The lowest BCUT2D eigenvalue weighted by Gasteiger charge is -2.58. The largest absolute Gasteiger partial charge is 0.461 e. The van der Waals surface area contributed by atoms with Crippen LogP contribution in [0, 0.1) is 40.9 Å². The van der Waals surface area contributed by atoms with Gasteiger partial charge >= 0.3 is 5.97 Å². The van der Waals surface area contributed by atoms with Crippen molar-refractivity contribution in [2.45, 2.75) is 89.5 Å². The molecule has 2 nitrogen and oxygen atoms in total. The van der Waals surface area contributed by atoms with E-state index in [0.717, 1.165) is 30.1 Å². The third kappa shape index (κ3) is 3.44. The zero-order valence-electron chi connectivity index (χ0n) is 16.2. The number of ether oxygens (including phenoxy) is 1. The molecular weight excluding hydrogens is 376 g/mol. The Kier molecular flexibility index (Phi) is 5.01. The van der Waals surface area contributed by atoms with E-state index in [0.29, 0.717) is 11.8 Å². The molecule has 142 valence electrons. The second-order valence-electron chi connectivity index (χ2n) is 10.4. The van der Waals surface area contributed by atoms with Crippen molar-refractivity contribution in [3.63, 3.8) is 0 Å².